The highest BCUT2D eigenvalue weighted by Crippen LogP contribution is 2.20. The van der Waals surface area contributed by atoms with Crippen LogP contribution in [0, 0.1) is 0 Å². The zero-order valence-corrected chi connectivity index (χ0v) is 15.8. The minimum atomic E-state index is -0.266. The van der Waals surface area contributed by atoms with Crippen molar-refractivity contribution in [1.29, 1.82) is 0 Å². The lowest BCUT2D eigenvalue weighted by molar-refractivity contribution is 0.102. The summed E-state index contributed by atoms with van der Waals surface area (Å²) in [6.45, 7) is 0.856. The van der Waals surface area contributed by atoms with Gasteiger partial charge in [0.1, 0.15) is 5.75 Å². The van der Waals surface area contributed by atoms with Crippen molar-refractivity contribution in [2.75, 3.05) is 11.2 Å². The molecule has 0 bridgehead atoms. The van der Waals surface area contributed by atoms with E-state index >= 15 is 0 Å². The summed E-state index contributed by atoms with van der Waals surface area (Å²) < 4.78 is 5.53. The average Bonchev–Trinajstić information content (AvgIpc) is 3.24. The number of nitrogens with one attached hydrogen (secondary N) is 1. The predicted octanol–water partition coefficient (Wildman–Crippen LogP) is 4.50. The topological polar surface area (TPSA) is 67.4 Å². The Bertz CT molecular complexity index is 960. The lowest BCUT2D eigenvalue weighted by Crippen LogP contribution is -2.14. The summed E-state index contributed by atoms with van der Waals surface area (Å²) in [5.74, 6) is 1.35. The van der Waals surface area contributed by atoms with Crippen LogP contribution in [0.5, 0.6) is 11.8 Å². The van der Waals surface area contributed by atoms with Gasteiger partial charge in [-0.2, -0.15) is 0 Å². The maximum absolute atomic E-state index is 12.4. The Hall–Kier alpha value is -3.32. The number of nitrogens with zero attached hydrogens (tertiary/aromatic N) is 3. The molecular formula is C21H18N4O2S. The molecule has 0 aliphatic carbocycles. The molecule has 140 valence electrons. The van der Waals surface area contributed by atoms with E-state index in [9.17, 15) is 4.79 Å². The van der Waals surface area contributed by atoms with E-state index in [-0.39, 0.29) is 11.9 Å². The Morgan fingerprint density at radius 2 is 1.82 bits per heavy atom. The van der Waals surface area contributed by atoms with Gasteiger partial charge in [0.2, 0.25) is 0 Å². The van der Waals surface area contributed by atoms with Crippen molar-refractivity contribution in [2.24, 2.45) is 0 Å². The minimum Gasteiger partial charge on any atom is -0.424 e. The number of thioether (sulfide) groups is 1. The van der Waals surface area contributed by atoms with Gasteiger partial charge in [-0.3, -0.25) is 4.79 Å². The summed E-state index contributed by atoms with van der Waals surface area (Å²) in [4.78, 5) is 22.8. The molecule has 1 aromatic heterocycles. The molecular weight excluding hydrogens is 372 g/mol. The van der Waals surface area contributed by atoms with Crippen LogP contribution in [0.2, 0.25) is 0 Å². The summed E-state index contributed by atoms with van der Waals surface area (Å²) in [5, 5.41) is 4.95. The number of anilines is 1. The molecule has 0 unspecified atom stereocenters. The molecule has 1 amide bonds. The number of ether oxygens (including phenoxy) is 1. The summed E-state index contributed by atoms with van der Waals surface area (Å²) >= 11 is 1.78. The number of hydrogen-bond donors (Lipinski definition) is 1. The smallest absolute Gasteiger partial charge is 0.321 e. The lowest BCUT2D eigenvalue weighted by Gasteiger charge is -2.14. The molecule has 0 radical (unpaired) electrons. The molecule has 0 fully saturated rings. The SMILES string of the molecule is O=C(Nc1ccc(CN2C=CSC2)cc1)c1cnc(Oc2ccccc2)nc1. The average molecular weight is 390 g/mol. The molecule has 2 aromatic carbocycles. The van der Waals surface area contributed by atoms with Crippen LogP contribution in [0.25, 0.3) is 0 Å². The monoisotopic (exact) mass is 390 g/mol. The molecule has 28 heavy (non-hydrogen) atoms. The second-order valence-electron chi connectivity index (χ2n) is 6.15. The van der Waals surface area contributed by atoms with Gasteiger partial charge in [-0.25, -0.2) is 9.97 Å². The van der Waals surface area contributed by atoms with Crippen LogP contribution in [0.4, 0.5) is 5.69 Å². The third-order valence-electron chi connectivity index (χ3n) is 4.05. The minimum absolute atomic E-state index is 0.196. The molecule has 1 aliphatic rings. The van der Waals surface area contributed by atoms with Crippen molar-refractivity contribution < 1.29 is 9.53 Å². The van der Waals surface area contributed by atoms with E-state index in [2.05, 4.69) is 31.8 Å². The quantitative estimate of drug-likeness (QED) is 0.668. The molecule has 6 nitrogen and oxygen atoms in total. The van der Waals surface area contributed by atoms with E-state index in [1.165, 1.54) is 18.0 Å². The standard InChI is InChI=1S/C21H18N4O2S/c26-20(17-12-22-21(23-13-17)27-19-4-2-1-3-5-19)24-18-8-6-16(7-9-18)14-25-10-11-28-15-25/h1-13H,14-15H2,(H,24,26). The molecule has 3 aromatic rings. The number of amides is 1. The molecule has 4 rings (SSSR count). The van der Waals surface area contributed by atoms with Gasteiger partial charge in [0, 0.05) is 30.8 Å². The van der Waals surface area contributed by atoms with Crippen molar-refractivity contribution >= 4 is 23.4 Å². The Labute approximate surface area is 167 Å². The van der Waals surface area contributed by atoms with Crippen LogP contribution in [-0.4, -0.2) is 26.7 Å². The van der Waals surface area contributed by atoms with E-state index in [1.54, 1.807) is 11.8 Å². The zero-order valence-electron chi connectivity index (χ0n) is 15.0. The van der Waals surface area contributed by atoms with E-state index in [1.807, 2.05) is 54.6 Å². The molecule has 0 atom stereocenters. The van der Waals surface area contributed by atoms with Crippen LogP contribution < -0.4 is 10.1 Å². The van der Waals surface area contributed by atoms with Crippen molar-refractivity contribution in [1.82, 2.24) is 14.9 Å². The Kier molecular flexibility index (Phi) is 5.53. The Morgan fingerprint density at radius 1 is 1.07 bits per heavy atom. The van der Waals surface area contributed by atoms with Gasteiger partial charge in [-0.05, 0) is 35.2 Å². The first-order valence-corrected chi connectivity index (χ1v) is 9.79. The molecule has 0 spiro atoms. The Morgan fingerprint density at radius 3 is 2.50 bits per heavy atom. The largest absolute Gasteiger partial charge is 0.424 e. The van der Waals surface area contributed by atoms with Crippen molar-refractivity contribution in [3.63, 3.8) is 0 Å². The maximum Gasteiger partial charge on any atom is 0.321 e. The Balaban J connectivity index is 1.34. The van der Waals surface area contributed by atoms with Crippen LogP contribution in [-0.2, 0) is 6.54 Å². The van der Waals surface area contributed by atoms with Crippen LogP contribution in [0.3, 0.4) is 0 Å². The first-order chi connectivity index (χ1) is 13.8. The first kappa shape index (κ1) is 18.1. The molecule has 0 saturated heterocycles. The van der Waals surface area contributed by atoms with Crippen molar-refractivity contribution in [3.05, 3.63) is 89.7 Å². The number of hydrogen-bond acceptors (Lipinski definition) is 6. The summed E-state index contributed by atoms with van der Waals surface area (Å²) in [6.07, 6.45) is 4.99. The van der Waals surface area contributed by atoms with E-state index in [0.29, 0.717) is 11.3 Å². The number of carbonyl (C=O) groups is 1. The number of carbonyl (C=O) groups excluding carboxylic acids is 1. The fourth-order valence-corrected chi connectivity index (χ4v) is 3.33. The van der Waals surface area contributed by atoms with Crippen molar-refractivity contribution in [3.8, 4) is 11.8 Å². The van der Waals surface area contributed by atoms with Gasteiger partial charge < -0.3 is 15.0 Å². The highest BCUT2D eigenvalue weighted by molar-refractivity contribution is 8.02. The van der Waals surface area contributed by atoms with Crippen LogP contribution in [0.1, 0.15) is 15.9 Å². The van der Waals surface area contributed by atoms with Crippen molar-refractivity contribution in [2.45, 2.75) is 6.54 Å². The third kappa shape index (κ3) is 4.69. The summed E-state index contributed by atoms with van der Waals surface area (Å²) in [5.41, 5.74) is 2.28. The second-order valence-corrected chi connectivity index (χ2v) is 7.01. The van der Waals surface area contributed by atoms with Crippen LogP contribution in [0.15, 0.2) is 78.6 Å². The van der Waals surface area contributed by atoms with Gasteiger partial charge in [0.25, 0.3) is 5.91 Å². The highest BCUT2D eigenvalue weighted by atomic mass is 32.2. The van der Waals surface area contributed by atoms with Gasteiger partial charge in [0.15, 0.2) is 0 Å². The maximum atomic E-state index is 12.4. The molecule has 7 heteroatoms. The number of para-hydroxylation sites is 1. The molecule has 2 heterocycles. The van der Waals surface area contributed by atoms with Gasteiger partial charge >= 0.3 is 6.01 Å². The first-order valence-electron chi connectivity index (χ1n) is 8.74. The number of benzene rings is 2. The molecule has 1 aliphatic heterocycles. The van der Waals surface area contributed by atoms with Gasteiger partial charge in [0.05, 0.1) is 11.4 Å². The van der Waals surface area contributed by atoms with E-state index in [0.717, 1.165) is 18.1 Å². The summed E-state index contributed by atoms with van der Waals surface area (Å²) in [7, 11) is 0. The fourth-order valence-electron chi connectivity index (χ4n) is 2.62. The lowest BCUT2D eigenvalue weighted by atomic mass is 10.2. The highest BCUT2D eigenvalue weighted by Gasteiger charge is 2.10. The van der Waals surface area contributed by atoms with E-state index in [4.69, 9.17) is 4.74 Å². The zero-order chi connectivity index (χ0) is 19.2. The molecule has 1 N–H and O–H groups in total. The normalized spacial score (nSPS) is 12.8. The van der Waals surface area contributed by atoms with Crippen LogP contribution >= 0.6 is 11.8 Å². The number of rotatable bonds is 6. The third-order valence-corrected chi connectivity index (χ3v) is 4.84. The van der Waals surface area contributed by atoms with Gasteiger partial charge in [-0.15, -0.1) is 11.8 Å². The van der Waals surface area contributed by atoms with Gasteiger partial charge in [-0.1, -0.05) is 30.3 Å². The second kappa shape index (κ2) is 8.58. The molecule has 0 saturated carbocycles. The van der Waals surface area contributed by atoms with E-state index < -0.39 is 0 Å². The number of aromatic nitrogens is 2. The fraction of sp³-hybridized carbons (Fsp3) is 0.0952. The predicted molar refractivity (Wildman–Crippen MR) is 110 cm³/mol. The summed E-state index contributed by atoms with van der Waals surface area (Å²) in [6, 6.07) is 17.3.